The first kappa shape index (κ1) is 21.0. The Balaban J connectivity index is 2.06. The number of hydrogen-bond acceptors (Lipinski definition) is 3. The monoisotopic (exact) mass is 410 g/mol. The molecule has 0 bridgehead atoms. The normalized spacial score (nSPS) is 12.6. The van der Waals surface area contributed by atoms with Crippen LogP contribution in [0.4, 0.5) is 0 Å². The summed E-state index contributed by atoms with van der Waals surface area (Å²) in [4.78, 5) is 31.3. The van der Waals surface area contributed by atoms with Crippen LogP contribution in [-0.2, 0) is 15.8 Å². The Kier molecular flexibility index (Phi) is 5.76. The lowest BCUT2D eigenvalue weighted by Crippen LogP contribution is -2.29. The number of phenols is 1. The van der Waals surface area contributed by atoms with Gasteiger partial charge in [0.1, 0.15) is 10.9 Å². The van der Waals surface area contributed by atoms with E-state index in [0.29, 0.717) is 22.9 Å². The molecule has 5 nitrogen and oxygen atoms in total. The number of carbonyl (C=O) groups excluding carboxylic acids is 1. The maximum atomic E-state index is 12.4. The van der Waals surface area contributed by atoms with Gasteiger partial charge in [-0.1, -0.05) is 60.7 Å². The van der Waals surface area contributed by atoms with Gasteiger partial charge < -0.3 is 14.9 Å². The van der Waals surface area contributed by atoms with Gasteiger partial charge in [-0.15, -0.1) is 0 Å². The summed E-state index contributed by atoms with van der Waals surface area (Å²) in [5.74, 6) is -0.476. The Bertz CT molecular complexity index is 1130. The molecule has 0 aliphatic heterocycles. The van der Waals surface area contributed by atoms with Crippen LogP contribution < -0.4 is 0 Å². The van der Waals surface area contributed by atoms with Gasteiger partial charge in [0.25, 0.3) is 0 Å². The number of aromatic hydroxyl groups is 1. The van der Waals surface area contributed by atoms with Crippen molar-refractivity contribution in [2.24, 2.45) is 0 Å². The van der Waals surface area contributed by atoms with Gasteiger partial charge >= 0.3 is 7.60 Å². The summed E-state index contributed by atoms with van der Waals surface area (Å²) >= 11 is 0. The van der Waals surface area contributed by atoms with Gasteiger partial charge in [0.2, 0.25) is 0 Å². The van der Waals surface area contributed by atoms with Crippen molar-refractivity contribution >= 4 is 30.2 Å². The molecule has 3 N–H and O–H groups in total. The minimum atomic E-state index is -4.60. The van der Waals surface area contributed by atoms with Crippen LogP contribution in [0.1, 0.15) is 30.5 Å². The van der Waals surface area contributed by atoms with Crippen molar-refractivity contribution in [1.82, 2.24) is 0 Å². The van der Waals surface area contributed by atoms with Gasteiger partial charge in [0.05, 0.1) is 0 Å². The van der Waals surface area contributed by atoms with Crippen molar-refractivity contribution in [2.75, 3.05) is 0 Å². The SMILES string of the molecule is CC(C)(C(=O)C=Cc1cc(Cc2ccccc2)c(O)c2ccccc12)P(=O)(O)O. The van der Waals surface area contributed by atoms with Crippen LogP contribution in [0.2, 0.25) is 0 Å². The molecule has 0 atom stereocenters. The van der Waals surface area contributed by atoms with Crippen molar-refractivity contribution in [3.05, 3.63) is 83.4 Å². The minimum absolute atomic E-state index is 0.184. The number of phenolic OH excluding ortho intramolecular Hbond substituents is 1. The molecule has 0 saturated heterocycles. The van der Waals surface area contributed by atoms with Crippen LogP contribution in [0.25, 0.3) is 16.8 Å². The second kappa shape index (κ2) is 7.96. The summed E-state index contributed by atoms with van der Waals surface area (Å²) in [5.41, 5.74) is 2.43. The minimum Gasteiger partial charge on any atom is -0.507 e. The molecule has 0 amide bonds. The van der Waals surface area contributed by atoms with Gasteiger partial charge in [-0.3, -0.25) is 9.36 Å². The summed E-state index contributed by atoms with van der Waals surface area (Å²) < 4.78 is 11.6. The fourth-order valence-corrected chi connectivity index (χ4v) is 3.41. The molecule has 0 fully saturated rings. The first-order valence-corrected chi connectivity index (χ1v) is 10.8. The Morgan fingerprint density at radius 1 is 1.00 bits per heavy atom. The maximum Gasteiger partial charge on any atom is 0.338 e. The third-order valence-electron chi connectivity index (χ3n) is 5.11. The molecule has 150 valence electrons. The summed E-state index contributed by atoms with van der Waals surface area (Å²) in [5, 5.41) is 10.4. The number of fused-ring (bicyclic) bond motifs is 1. The van der Waals surface area contributed by atoms with Crippen LogP contribution in [0.15, 0.2) is 66.7 Å². The number of rotatable bonds is 6. The van der Waals surface area contributed by atoms with Crippen molar-refractivity contribution in [1.29, 1.82) is 0 Å². The van der Waals surface area contributed by atoms with E-state index < -0.39 is 18.5 Å². The van der Waals surface area contributed by atoms with E-state index in [0.717, 1.165) is 10.9 Å². The van der Waals surface area contributed by atoms with Gasteiger partial charge in [-0.05, 0) is 48.1 Å². The lowest BCUT2D eigenvalue weighted by Gasteiger charge is -2.22. The summed E-state index contributed by atoms with van der Waals surface area (Å²) in [6, 6.07) is 18.8. The molecular weight excluding hydrogens is 387 g/mol. The second-order valence-electron chi connectivity index (χ2n) is 7.48. The van der Waals surface area contributed by atoms with Gasteiger partial charge in [-0.2, -0.15) is 0 Å². The molecule has 3 aromatic carbocycles. The van der Waals surface area contributed by atoms with E-state index in [2.05, 4.69) is 0 Å². The van der Waals surface area contributed by atoms with E-state index in [1.165, 1.54) is 19.9 Å². The molecule has 29 heavy (non-hydrogen) atoms. The Labute approximate surface area is 169 Å². The number of carbonyl (C=O) groups is 1. The van der Waals surface area contributed by atoms with Gasteiger partial charge in [0.15, 0.2) is 5.78 Å². The highest BCUT2D eigenvalue weighted by atomic mass is 31.2. The van der Waals surface area contributed by atoms with E-state index in [-0.39, 0.29) is 5.75 Å². The number of ketones is 1. The van der Waals surface area contributed by atoms with E-state index in [9.17, 15) is 24.3 Å². The van der Waals surface area contributed by atoms with Crippen LogP contribution in [0.5, 0.6) is 5.75 Å². The lowest BCUT2D eigenvalue weighted by atomic mass is 9.95. The fraction of sp³-hybridized carbons (Fsp3) is 0.174. The number of hydrogen-bond donors (Lipinski definition) is 3. The van der Waals surface area contributed by atoms with E-state index in [4.69, 9.17) is 0 Å². The molecule has 0 spiro atoms. The Morgan fingerprint density at radius 2 is 1.59 bits per heavy atom. The zero-order valence-corrected chi connectivity index (χ0v) is 17.1. The van der Waals surface area contributed by atoms with Crippen LogP contribution in [0.3, 0.4) is 0 Å². The highest BCUT2D eigenvalue weighted by molar-refractivity contribution is 7.54. The van der Waals surface area contributed by atoms with Gasteiger partial charge in [-0.25, -0.2) is 0 Å². The molecule has 0 unspecified atom stereocenters. The lowest BCUT2D eigenvalue weighted by molar-refractivity contribution is -0.116. The predicted octanol–water partition coefficient (Wildman–Crippen LogP) is 4.67. The van der Waals surface area contributed by atoms with E-state index >= 15 is 0 Å². The van der Waals surface area contributed by atoms with E-state index in [1.54, 1.807) is 18.2 Å². The van der Waals surface area contributed by atoms with Crippen LogP contribution >= 0.6 is 7.60 Å². The molecule has 0 radical (unpaired) electrons. The van der Waals surface area contributed by atoms with Gasteiger partial charge in [0, 0.05) is 11.8 Å². The fourth-order valence-electron chi connectivity index (χ4n) is 3.05. The smallest absolute Gasteiger partial charge is 0.338 e. The number of benzene rings is 3. The topological polar surface area (TPSA) is 94.8 Å². The van der Waals surface area contributed by atoms with E-state index in [1.807, 2.05) is 48.5 Å². The zero-order chi connectivity index (χ0) is 21.2. The summed E-state index contributed by atoms with van der Waals surface area (Å²) in [6.45, 7) is 2.46. The molecule has 0 heterocycles. The largest absolute Gasteiger partial charge is 0.507 e. The average molecular weight is 410 g/mol. The average Bonchev–Trinajstić information content (AvgIpc) is 2.69. The Morgan fingerprint density at radius 3 is 2.21 bits per heavy atom. The maximum absolute atomic E-state index is 12.4. The van der Waals surface area contributed by atoms with Crippen LogP contribution in [-0.4, -0.2) is 25.8 Å². The summed E-state index contributed by atoms with van der Waals surface area (Å²) in [6.07, 6.45) is 3.26. The third kappa shape index (κ3) is 4.33. The summed E-state index contributed by atoms with van der Waals surface area (Å²) in [7, 11) is -4.60. The Hall–Kier alpha value is -2.72. The van der Waals surface area contributed by atoms with Crippen molar-refractivity contribution in [3.8, 4) is 5.75 Å². The third-order valence-corrected chi connectivity index (χ3v) is 6.79. The highest BCUT2D eigenvalue weighted by Gasteiger charge is 2.43. The van der Waals surface area contributed by atoms with Crippen LogP contribution in [0, 0.1) is 0 Å². The highest BCUT2D eigenvalue weighted by Crippen LogP contribution is 2.50. The molecule has 0 aromatic heterocycles. The molecule has 3 aromatic rings. The molecule has 6 heteroatoms. The molecular formula is C23H23O5P. The number of allylic oxidation sites excluding steroid dienone is 1. The van der Waals surface area contributed by atoms with Crippen molar-refractivity contribution < 1.29 is 24.3 Å². The standard InChI is InChI=1S/C23H23O5P/c1-23(2,29(26,27)28)21(24)13-12-17-15-18(14-16-8-4-3-5-9-16)22(25)20-11-7-6-10-19(17)20/h3-13,15,25H,14H2,1-2H3,(H2,26,27,28). The molecule has 3 rings (SSSR count). The molecule has 0 saturated carbocycles. The van der Waals surface area contributed by atoms with Crippen molar-refractivity contribution in [3.63, 3.8) is 0 Å². The first-order valence-electron chi connectivity index (χ1n) is 9.17. The zero-order valence-electron chi connectivity index (χ0n) is 16.2. The van der Waals surface area contributed by atoms with Crippen molar-refractivity contribution in [2.45, 2.75) is 25.4 Å². The molecule has 0 aliphatic rings. The molecule has 0 aliphatic carbocycles. The first-order chi connectivity index (χ1) is 13.6. The predicted molar refractivity (Wildman–Crippen MR) is 115 cm³/mol. The quantitative estimate of drug-likeness (QED) is 0.405. The second-order valence-corrected chi connectivity index (χ2v) is 9.69.